The molecule has 5 atom stereocenters. The number of rotatable bonds is 17. The zero-order chi connectivity index (χ0) is 50.5. The summed E-state index contributed by atoms with van der Waals surface area (Å²) in [6.45, 7) is 4.64. The van der Waals surface area contributed by atoms with Crippen LogP contribution in [0.3, 0.4) is 0 Å². The number of halogens is 2. The van der Waals surface area contributed by atoms with Crippen molar-refractivity contribution in [3.05, 3.63) is 209 Å². The summed E-state index contributed by atoms with van der Waals surface area (Å²) in [7, 11) is 3.39. The fraction of sp³-hybridized carbons (Fsp3) is 0.259. The summed E-state index contributed by atoms with van der Waals surface area (Å²) in [6, 6.07) is 52.0. The Kier molecular flexibility index (Phi) is 14.2. The van der Waals surface area contributed by atoms with Crippen molar-refractivity contribution in [2.45, 2.75) is 62.5 Å². The minimum atomic E-state index is -1.35. The quantitative estimate of drug-likeness (QED) is 0.0804. The van der Waals surface area contributed by atoms with Crippen LogP contribution in [0, 0.1) is 23.0 Å². The van der Waals surface area contributed by atoms with Crippen molar-refractivity contribution in [3.63, 3.8) is 0 Å². The SMILES string of the molecule is COC1OC(COC(c2ccccc2)(c2ccccc2)c2ccccc2)C(Oc2c(F)c(Oc3cccc(C4=NCCN4C)c3)nc(Oc3cc(C#N)ccc3OCc3ccccc3)c2F)C2OC(C)(C)OC12. The van der Waals surface area contributed by atoms with E-state index in [-0.39, 0.29) is 36.0 Å². The number of amidine groups is 1. The standard InChI is InChI=1S/C58H52F2N4O9/c1-57(2)72-51-49(46(70-56(65-4)52(51)73-57)36-67-58(40-21-11-6-12-22-40,41-23-13-7-14-24-41)42-25-15-8-16-26-42)71-50-47(59)54(68-43-27-17-20-39(33-43)53-62-30-31-64(53)3)63-55(48(50)60)69-45-32-38(34-61)28-29-44(45)66-35-37-18-9-5-10-19-37/h5-29,32-33,46,49,51-52,56H,30-31,35-36H2,1-4H3. The van der Waals surface area contributed by atoms with Crippen LogP contribution in [0.2, 0.25) is 0 Å². The number of hydrogen-bond donors (Lipinski definition) is 0. The lowest BCUT2D eigenvalue weighted by Gasteiger charge is -2.43. The molecule has 3 aliphatic rings. The molecule has 0 aliphatic carbocycles. The van der Waals surface area contributed by atoms with E-state index in [1.165, 1.54) is 25.3 Å². The highest BCUT2D eigenvalue weighted by Gasteiger charge is 2.58. The van der Waals surface area contributed by atoms with Gasteiger partial charge in [-0.3, -0.25) is 4.99 Å². The molecule has 0 saturated carbocycles. The van der Waals surface area contributed by atoms with Gasteiger partial charge in [0.05, 0.1) is 24.8 Å². The average molecular weight is 987 g/mol. The van der Waals surface area contributed by atoms with Gasteiger partial charge in [0, 0.05) is 32.3 Å². The fourth-order valence-electron chi connectivity index (χ4n) is 9.39. The summed E-state index contributed by atoms with van der Waals surface area (Å²) in [5, 5.41) is 9.94. The van der Waals surface area contributed by atoms with Crippen molar-refractivity contribution >= 4 is 5.84 Å². The van der Waals surface area contributed by atoms with Crippen molar-refractivity contribution in [2.24, 2.45) is 4.99 Å². The summed E-state index contributed by atoms with van der Waals surface area (Å²) in [4.78, 5) is 10.9. The molecule has 372 valence electrons. The molecule has 0 bridgehead atoms. The Hall–Kier alpha value is -7.71. The molecule has 0 spiro atoms. The number of hydrogen-bond acceptors (Lipinski definition) is 13. The van der Waals surface area contributed by atoms with Gasteiger partial charge >= 0.3 is 0 Å². The number of aliphatic imine (C=N–C) groups is 1. The number of ether oxygens (including phenoxy) is 9. The number of nitriles is 1. The molecule has 2 fully saturated rings. The summed E-state index contributed by atoms with van der Waals surface area (Å²) in [5.74, 6) is -5.27. The fourth-order valence-corrected chi connectivity index (χ4v) is 9.39. The molecule has 7 aromatic rings. The van der Waals surface area contributed by atoms with Crippen molar-refractivity contribution in [3.8, 4) is 40.8 Å². The average Bonchev–Trinajstić information content (AvgIpc) is 4.01. The number of pyridine rings is 1. The molecular formula is C58H52F2N4O9. The van der Waals surface area contributed by atoms with E-state index in [4.69, 9.17) is 42.6 Å². The van der Waals surface area contributed by atoms with Gasteiger partial charge in [0.1, 0.15) is 42.1 Å². The number of likely N-dealkylation sites (N-methyl/N-ethyl adjacent to an activating group) is 1. The van der Waals surface area contributed by atoms with E-state index >= 15 is 8.78 Å². The third-order valence-electron chi connectivity index (χ3n) is 12.8. The number of benzene rings is 6. The monoisotopic (exact) mass is 986 g/mol. The summed E-state index contributed by atoms with van der Waals surface area (Å²) in [5.41, 5.74) is 2.91. The Balaban J connectivity index is 1.08. The normalized spacial score (nSPS) is 20.2. The molecule has 0 N–H and O–H groups in total. The summed E-state index contributed by atoms with van der Waals surface area (Å²) in [6.07, 6.45) is -5.50. The molecule has 0 amide bonds. The van der Waals surface area contributed by atoms with Gasteiger partial charge in [0.25, 0.3) is 11.8 Å². The van der Waals surface area contributed by atoms with Crippen LogP contribution in [0.5, 0.6) is 34.8 Å². The second kappa shape index (κ2) is 21.2. The van der Waals surface area contributed by atoms with Gasteiger partial charge in [-0.1, -0.05) is 133 Å². The van der Waals surface area contributed by atoms with Crippen LogP contribution in [0.1, 0.15) is 47.2 Å². The van der Waals surface area contributed by atoms with E-state index in [1.54, 1.807) is 32.0 Å². The van der Waals surface area contributed by atoms with Gasteiger partial charge in [-0.15, -0.1) is 0 Å². The van der Waals surface area contributed by atoms with E-state index in [2.05, 4.69) is 16.0 Å². The second-order valence-corrected chi connectivity index (χ2v) is 18.1. The Labute approximate surface area is 422 Å². The highest BCUT2D eigenvalue weighted by Crippen LogP contribution is 2.46. The van der Waals surface area contributed by atoms with E-state index in [0.29, 0.717) is 12.1 Å². The number of nitrogens with zero attached hydrogens (tertiary/aromatic N) is 4. The predicted molar refractivity (Wildman–Crippen MR) is 266 cm³/mol. The Bertz CT molecular complexity index is 3010. The highest BCUT2D eigenvalue weighted by atomic mass is 19.1. The topological polar surface area (TPSA) is 135 Å². The zero-order valence-electron chi connectivity index (χ0n) is 40.5. The van der Waals surface area contributed by atoms with Crippen LogP contribution in [-0.2, 0) is 35.9 Å². The molecular weight excluding hydrogens is 935 g/mol. The first kappa shape index (κ1) is 48.9. The van der Waals surface area contributed by atoms with Crippen LogP contribution in [-0.4, -0.2) is 86.1 Å². The molecule has 2 saturated heterocycles. The molecule has 10 rings (SSSR count). The first-order valence-corrected chi connectivity index (χ1v) is 23.9. The zero-order valence-corrected chi connectivity index (χ0v) is 40.5. The summed E-state index contributed by atoms with van der Waals surface area (Å²) < 4.78 is 93.2. The molecule has 13 nitrogen and oxygen atoms in total. The predicted octanol–water partition coefficient (Wildman–Crippen LogP) is 10.7. The Morgan fingerprint density at radius 1 is 0.740 bits per heavy atom. The largest absolute Gasteiger partial charge is 0.485 e. The maximum Gasteiger partial charge on any atom is 0.263 e. The van der Waals surface area contributed by atoms with Gasteiger partial charge in [-0.05, 0) is 60.4 Å². The van der Waals surface area contributed by atoms with Gasteiger partial charge in [0.2, 0.25) is 17.4 Å². The van der Waals surface area contributed by atoms with Crippen LogP contribution in [0.15, 0.2) is 169 Å². The van der Waals surface area contributed by atoms with Crippen molar-refractivity contribution in [1.82, 2.24) is 9.88 Å². The number of aromatic nitrogens is 1. The minimum absolute atomic E-state index is 0.0854. The van der Waals surface area contributed by atoms with E-state index in [0.717, 1.165) is 34.6 Å². The lowest BCUT2D eigenvalue weighted by Crippen LogP contribution is -2.60. The number of fused-ring (bicyclic) bond motifs is 1. The summed E-state index contributed by atoms with van der Waals surface area (Å²) >= 11 is 0. The van der Waals surface area contributed by atoms with Gasteiger partial charge in [-0.25, -0.2) is 0 Å². The molecule has 5 unspecified atom stereocenters. The van der Waals surface area contributed by atoms with Gasteiger partial charge < -0.3 is 47.5 Å². The van der Waals surface area contributed by atoms with Crippen molar-refractivity contribution in [2.75, 3.05) is 33.9 Å². The van der Waals surface area contributed by atoms with Crippen molar-refractivity contribution < 1.29 is 51.4 Å². The first-order chi connectivity index (χ1) is 35.5. The lowest BCUT2D eigenvalue weighted by atomic mass is 9.80. The molecule has 1 aromatic heterocycles. The van der Waals surface area contributed by atoms with Crippen LogP contribution in [0.4, 0.5) is 8.78 Å². The molecule has 0 radical (unpaired) electrons. The Morgan fingerprint density at radius 2 is 1.36 bits per heavy atom. The molecule has 6 aromatic carbocycles. The van der Waals surface area contributed by atoms with Gasteiger partial charge in [0.15, 0.2) is 29.7 Å². The highest BCUT2D eigenvalue weighted by molar-refractivity contribution is 5.99. The lowest BCUT2D eigenvalue weighted by molar-refractivity contribution is -0.274. The third kappa shape index (κ3) is 10.2. The van der Waals surface area contributed by atoms with E-state index < -0.39 is 71.2 Å². The smallest absolute Gasteiger partial charge is 0.263 e. The molecule has 15 heteroatoms. The van der Waals surface area contributed by atoms with E-state index in [9.17, 15) is 5.26 Å². The number of methoxy groups -OCH3 is 1. The van der Waals surface area contributed by atoms with E-state index in [1.807, 2.05) is 139 Å². The maximum absolute atomic E-state index is 17.7. The molecule has 73 heavy (non-hydrogen) atoms. The minimum Gasteiger partial charge on any atom is -0.485 e. The van der Waals surface area contributed by atoms with Crippen molar-refractivity contribution in [1.29, 1.82) is 5.26 Å². The van der Waals surface area contributed by atoms with Gasteiger partial charge in [-0.2, -0.15) is 19.0 Å². The Morgan fingerprint density at radius 3 is 1.96 bits per heavy atom. The third-order valence-corrected chi connectivity index (χ3v) is 12.8. The molecule has 4 heterocycles. The second-order valence-electron chi connectivity index (χ2n) is 18.1. The first-order valence-electron chi connectivity index (χ1n) is 23.9. The molecule has 3 aliphatic heterocycles. The van der Waals surface area contributed by atoms with Crippen LogP contribution in [0.25, 0.3) is 0 Å². The van der Waals surface area contributed by atoms with Crippen LogP contribution < -0.4 is 18.9 Å². The maximum atomic E-state index is 17.7. The van der Waals surface area contributed by atoms with Crippen LogP contribution >= 0.6 is 0 Å².